The summed E-state index contributed by atoms with van der Waals surface area (Å²) in [6.07, 6.45) is 0.856. The summed E-state index contributed by atoms with van der Waals surface area (Å²) in [6, 6.07) is 19.9. The quantitative estimate of drug-likeness (QED) is 0.474. The zero-order chi connectivity index (χ0) is 20.6. The molecule has 0 saturated heterocycles. The third-order valence-electron chi connectivity index (χ3n) is 4.42. The van der Waals surface area contributed by atoms with Gasteiger partial charge in [-0.1, -0.05) is 42.0 Å². The van der Waals surface area contributed by atoms with Gasteiger partial charge < -0.3 is 14.8 Å². The molecule has 3 aromatic rings. The fourth-order valence-electron chi connectivity index (χ4n) is 2.74. The Balaban J connectivity index is 1.49. The lowest BCUT2D eigenvalue weighted by molar-refractivity contribution is 0.300. The molecule has 0 bridgehead atoms. The van der Waals surface area contributed by atoms with Crippen molar-refractivity contribution in [3.63, 3.8) is 0 Å². The fourth-order valence-corrected chi connectivity index (χ4v) is 3.20. The smallest absolute Gasteiger partial charge is 0.131 e. The number of thiocarbonyl (C=S) groups is 1. The molecular weight excluding hydrogens is 409 g/mol. The van der Waals surface area contributed by atoms with Gasteiger partial charge in [-0.15, -0.1) is 0 Å². The van der Waals surface area contributed by atoms with Crippen molar-refractivity contribution < 1.29 is 13.9 Å². The molecule has 0 aromatic heterocycles. The van der Waals surface area contributed by atoms with E-state index < -0.39 is 0 Å². The minimum atomic E-state index is -0.378. The van der Waals surface area contributed by atoms with Gasteiger partial charge in [-0.2, -0.15) is 0 Å². The molecule has 0 amide bonds. The van der Waals surface area contributed by atoms with Crippen molar-refractivity contribution in [3.8, 4) is 11.5 Å². The molecule has 0 aliphatic carbocycles. The van der Waals surface area contributed by atoms with E-state index in [4.69, 9.17) is 33.3 Å². The van der Waals surface area contributed by atoms with Gasteiger partial charge in [0.1, 0.15) is 28.9 Å². The Labute approximate surface area is 180 Å². The van der Waals surface area contributed by atoms with Crippen molar-refractivity contribution in [3.05, 3.63) is 94.3 Å². The van der Waals surface area contributed by atoms with Crippen LogP contribution >= 0.6 is 23.8 Å². The maximum Gasteiger partial charge on any atom is 0.131 e. The van der Waals surface area contributed by atoms with E-state index in [2.05, 4.69) is 5.32 Å². The summed E-state index contributed by atoms with van der Waals surface area (Å²) in [7, 11) is 1.65. The summed E-state index contributed by atoms with van der Waals surface area (Å²) in [4.78, 5) is 0.669. The lowest BCUT2D eigenvalue weighted by Gasteiger charge is -2.11. The summed E-state index contributed by atoms with van der Waals surface area (Å²) in [6.45, 7) is 0.796. The molecule has 0 unspecified atom stereocenters. The van der Waals surface area contributed by atoms with Crippen LogP contribution < -0.4 is 14.8 Å². The second-order valence-corrected chi connectivity index (χ2v) is 7.18. The maximum absolute atomic E-state index is 13.8. The number of hydrogen-bond donors (Lipinski definition) is 1. The van der Waals surface area contributed by atoms with E-state index in [0.717, 1.165) is 24.3 Å². The Kier molecular flexibility index (Phi) is 7.44. The molecule has 0 fully saturated rings. The van der Waals surface area contributed by atoms with Crippen LogP contribution in [0.5, 0.6) is 11.5 Å². The van der Waals surface area contributed by atoms with Gasteiger partial charge in [-0.25, -0.2) is 4.39 Å². The lowest BCUT2D eigenvalue weighted by atomic mass is 10.1. The van der Waals surface area contributed by atoms with E-state index >= 15 is 0 Å². The molecule has 0 atom stereocenters. The Hall–Kier alpha value is -2.63. The first-order chi connectivity index (χ1) is 14.1. The van der Waals surface area contributed by atoms with Gasteiger partial charge in [0, 0.05) is 17.7 Å². The van der Waals surface area contributed by atoms with Crippen molar-refractivity contribution in [1.29, 1.82) is 0 Å². The Morgan fingerprint density at radius 3 is 2.34 bits per heavy atom. The third-order valence-corrected chi connectivity index (χ3v) is 5.15. The standard InChI is InChI=1S/C23H21ClFNO2S/c1-27-18-9-5-16(6-10-18)13-14-26-23(29)17-7-11-19(12-8-17)28-15-20-21(24)3-2-4-22(20)25/h2-12H,13-15H2,1H3,(H,26,29). The molecule has 29 heavy (non-hydrogen) atoms. The van der Waals surface area contributed by atoms with Crippen molar-refractivity contribution >= 4 is 28.8 Å². The average molecular weight is 430 g/mol. The monoisotopic (exact) mass is 429 g/mol. The molecule has 0 radical (unpaired) electrons. The van der Waals surface area contributed by atoms with Crippen LogP contribution in [0.1, 0.15) is 16.7 Å². The van der Waals surface area contributed by atoms with Gasteiger partial charge in [0.15, 0.2) is 0 Å². The number of methoxy groups -OCH3 is 1. The first-order valence-corrected chi connectivity index (χ1v) is 9.92. The van der Waals surface area contributed by atoms with Crippen LogP contribution in [0.2, 0.25) is 5.02 Å². The summed E-state index contributed by atoms with van der Waals surface area (Å²) < 4.78 is 24.6. The predicted octanol–water partition coefficient (Wildman–Crippen LogP) is 5.57. The second-order valence-electron chi connectivity index (χ2n) is 6.37. The molecule has 6 heteroatoms. The van der Waals surface area contributed by atoms with Gasteiger partial charge >= 0.3 is 0 Å². The topological polar surface area (TPSA) is 30.5 Å². The number of rotatable bonds is 8. The minimum absolute atomic E-state index is 0.0649. The fraction of sp³-hybridized carbons (Fsp3) is 0.174. The highest BCUT2D eigenvalue weighted by Crippen LogP contribution is 2.22. The highest BCUT2D eigenvalue weighted by molar-refractivity contribution is 7.80. The average Bonchev–Trinajstić information content (AvgIpc) is 2.74. The van der Waals surface area contributed by atoms with Crippen molar-refractivity contribution in [2.45, 2.75) is 13.0 Å². The molecule has 150 valence electrons. The van der Waals surface area contributed by atoms with Gasteiger partial charge in [0.05, 0.1) is 12.1 Å². The summed E-state index contributed by atoms with van der Waals surface area (Å²) in [5.74, 6) is 1.09. The van der Waals surface area contributed by atoms with Gasteiger partial charge in [-0.3, -0.25) is 0 Å². The van der Waals surface area contributed by atoms with E-state index in [1.54, 1.807) is 19.2 Å². The largest absolute Gasteiger partial charge is 0.497 e. The molecule has 0 aliphatic heterocycles. The third kappa shape index (κ3) is 5.92. The van der Waals surface area contributed by atoms with Crippen molar-refractivity contribution in [1.82, 2.24) is 5.32 Å². The zero-order valence-corrected chi connectivity index (χ0v) is 17.5. The highest BCUT2D eigenvalue weighted by atomic mass is 35.5. The van der Waals surface area contributed by atoms with E-state index in [9.17, 15) is 4.39 Å². The minimum Gasteiger partial charge on any atom is -0.497 e. The molecule has 0 aliphatic rings. The second kappa shape index (κ2) is 10.2. The SMILES string of the molecule is COc1ccc(CCNC(=S)c2ccc(OCc3c(F)cccc3Cl)cc2)cc1. The molecule has 3 rings (SSSR count). The molecule has 0 saturated carbocycles. The van der Waals surface area contributed by atoms with Crippen LogP contribution in [0.25, 0.3) is 0 Å². The molecule has 3 aromatic carbocycles. The molecule has 0 heterocycles. The number of nitrogens with one attached hydrogen (secondary N) is 1. The van der Waals surface area contributed by atoms with Gasteiger partial charge in [0.2, 0.25) is 0 Å². The number of ether oxygens (including phenoxy) is 2. The van der Waals surface area contributed by atoms with Crippen LogP contribution in [0.4, 0.5) is 4.39 Å². The zero-order valence-electron chi connectivity index (χ0n) is 16.0. The summed E-state index contributed by atoms with van der Waals surface area (Å²) >= 11 is 11.5. The van der Waals surface area contributed by atoms with Crippen LogP contribution in [0.3, 0.4) is 0 Å². The summed E-state index contributed by atoms with van der Waals surface area (Å²) in [5, 5.41) is 3.61. The summed E-state index contributed by atoms with van der Waals surface area (Å²) in [5.41, 5.74) is 2.44. The van der Waals surface area contributed by atoms with E-state index in [-0.39, 0.29) is 12.4 Å². The Morgan fingerprint density at radius 2 is 1.69 bits per heavy atom. The van der Waals surface area contributed by atoms with Gasteiger partial charge in [0.25, 0.3) is 0 Å². The van der Waals surface area contributed by atoms with Crippen LogP contribution in [-0.4, -0.2) is 18.6 Å². The van der Waals surface area contributed by atoms with Crippen molar-refractivity contribution in [2.24, 2.45) is 0 Å². The Morgan fingerprint density at radius 1 is 1.00 bits per heavy atom. The van der Waals surface area contributed by atoms with Crippen LogP contribution in [0, 0.1) is 5.82 Å². The predicted molar refractivity (Wildman–Crippen MR) is 119 cm³/mol. The van der Waals surface area contributed by atoms with Gasteiger partial charge in [-0.05, 0) is 60.5 Å². The van der Waals surface area contributed by atoms with Crippen LogP contribution in [-0.2, 0) is 13.0 Å². The highest BCUT2D eigenvalue weighted by Gasteiger charge is 2.08. The molecule has 0 spiro atoms. The van der Waals surface area contributed by atoms with E-state index in [0.29, 0.717) is 21.3 Å². The number of benzene rings is 3. The van der Waals surface area contributed by atoms with E-state index in [1.807, 2.05) is 48.5 Å². The first kappa shape index (κ1) is 21.1. The lowest BCUT2D eigenvalue weighted by Crippen LogP contribution is -2.24. The van der Waals surface area contributed by atoms with E-state index in [1.165, 1.54) is 11.6 Å². The maximum atomic E-state index is 13.8. The number of halogens is 2. The van der Waals surface area contributed by atoms with Crippen LogP contribution in [0.15, 0.2) is 66.7 Å². The normalized spacial score (nSPS) is 10.4. The molecular formula is C23H21ClFNO2S. The molecule has 3 nitrogen and oxygen atoms in total. The molecule has 1 N–H and O–H groups in total. The Bertz CT molecular complexity index is 941. The number of hydrogen-bond acceptors (Lipinski definition) is 3. The first-order valence-electron chi connectivity index (χ1n) is 9.13. The van der Waals surface area contributed by atoms with Crippen molar-refractivity contribution in [2.75, 3.05) is 13.7 Å².